The van der Waals surface area contributed by atoms with Gasteiger partial charge in [-0.25, -0.2) is 0 Å². The van der Waals surface area contributed by atoms with E-state index in [1.54, 1.807) is 0 Å². The van der Waals surface area contributed by atoms with E-state index in [4.69, 9.17) is 9.47 Å². The number of nitrogens with zero attached hydrogens (tertiary/aromatic N) is 1. The fourth-order valence-corrected chi connectivity index (χ4v) is 5.90. The molecule has 37 heavy (non-hydrogen) atoms. The molecule has 1 aliphatic carbocycles. The van der Waals surface area contributed by atoms with Crippen molar-refractivity contribution >= 4 is 5.97 Å². The van der Waals surface area contributed by atoms with Crippen molar-refractivity contribution < 1.29 is 19.4 Å². The Morgan fingerprint density at radius 3 is 2.41 bits per heavy atom. The number of likely N-dealkylation sites (tertiary alicyclic amines) is 1. The number of benzene rings is 2. The zero-order valence-corrected chi connectivity index (χ0v) is 22.3. The standard InChI is InChI=1S/C32H43NO4/c1-36-31(35)15-9-3-2-8-14-28-30(23-29(34)32(28)33-20-10-5-11-21-33)37-24-27-18-16-26(17-19-27)22-25-12-6-4-7-13-25/h2,4,6-8,12-13,16-19,28-30,32,34H,3,5,9-11,14-15,20-24H2,1H3/t28-,29+,30-,32+/m0/s1. The first-order valence-electron chi connectivity index (χ1n) is 14.0. The van der Waals surface area contributed by atoms with Gasteiger partial charge < -0.3 is 14.6 Å². The van der Waals surface area contributed by atoms with Gasteiger partial charge in [0.1, 0.15) is 0 Å². The van der Waals surface area contributed by atoms with Gasteiger partial charge in [-0.1, -0.05) is 73.2 Å². The Balaban J connectivity index is 1.34. The van der Waals surface area contributed by atoms with Crippen molar-refractivity contribution in [2.24, 2.45) is 5.92 Å². The third kappa shape index (κ3) is 8.26. The molecule has 1 aliphatic heterocycles. The molecule has 0 bridgehead atoms. The Hall–Kier alpha value is -2.47. The van der Waals surface area contributed by atoms with Gasteiger partial charge in [0.15, 0.2) is 0 Å². The molecule has 2 fully saturated rings. The van der Waals surface area contributed by atoms with E-state index in [2.05, 4.69) is 65.6 Å². The number of esters is 1. The highest BCUT2D eigenvalue weighted by molar-refractivity contribution is 5.69. The lowest BCUT2D eigenvalue weighted by Crippen LogP contribution is -2.47. The summed E-state index contributed by atoms with van der Waals surface area (Å²) in [6.45, 7) is 2.70. The van der Waals surface area contributed by atoms with Crippen molar-refractivity contribution in [1.29, 1.82) is 0 Å². The number of allylic oxidation sites excluding steroid dienone is 2. The van der Waals surface area contributed by atoms with Crippen LogP contribution in [0.25, 0.3) is 0 Å². The number of aliphatic hydroxyl groups is 1. The number of hydrogen-bond donors (Lipinski definition) is 1. The third-order valence-corrected chi connectivity index (χ3v) is 7.89. The molecule has 0 unspecified atom stereocenters. The van der Waals surface area contributed by atoms with Gasteiger partial charge >= 0.3 is 5.97 Å². The molecule has 200 valence electrons. The average Bonchev–Trinajstić information content (AvgIpc) is 3.25. The van der Waals surface area contributed by atoms with Gasteiger partial charge in [-0.15, -0.1) is 0 Å². The van der Waals surface area contributed by atoms with Crippen molar-refractivity contribution in [3.63, 3.8) is 0 Å². The summed E-state index contributed by atoms with van der Waals surface area (Å²) < 4.78 is 11.2. The summed E-state index contributed by atoms with van der Waals surface area (Å²) >= 11 is 0. The molecule has 0 amide bonds. The van der Waals surface area contributed by atoms with E-state index in [-0.39, 0.29) is 30.1 Å². The first kappa shape index (κ1) is 27.6. The van der Waals surface area contributed by atoms with Crippen LogP contribution >= 0.6 is 0 Å². The SMILES string of the molecule is COC(=O)CCCC=CC[C@@H]1[C@@H](N2CCCCC2)[C@H](O)C[C@@H]1OCc1ccc(Cc2ccccc2)cc1. The molecule has 0 spiro atoms. The van der Waals surface area contributed by atoms with E-state index in [9.17, 15) is 9.90 Å². The lowest BCUT2D eigenvalue weighted by atomic mass is 9.93. The lowest BCUT2D eigenvalue weighted by Gasteiger charge is -2.37. The van der Waals surface area contributed by atoms with Crippen molar-refractivity contribution in [2.75, 3.05) is 20.2 Å². The van der Waals surface area contributed by atoms with Crippen LogP contribution < -0.4 is 0 Å². The van der Waals surface area contributed by atoms with Gasteiger partial charge in [0.25, 0.3) is 0 Å². The quantitative estimate of drug-likeness (QED) is 0.228. The second kappa shape index (κ2) is 14.5. The highest BCUT2D eigenvalue weighted by Crippen LogP contribution is 2.37. The summed E-state index contributed by atoms with van der Waals surface area (Å²) in [5.41, 5.74) is 3.79. The number of unbranched alkanes of at least 4 members (excludes halogenated alkanes) is 1. The van der Waals surface area contributed by atoms with Crippen molar-refractivity contribution in [2.45, 2.75) is 82.6 Å². The smallest absolute Gasteiger partial charge is 0.305 e. The lowest BCUT2D eigenvalue weighted by molar-refractivity contribution is -0.140. The van der Waals surface area contributed by atoms with Crippen LogP contribution in [0.5, 0.6) is 0 Å². The first-order chi connectivity index (χ1) is 18.1. The third-order valence-electron chi connectivity index (χ3n) is 7.89. The summed E-state index contributed by atoms with van der Waals surface area (Å²) in [5.74, 6) is 0.112. The number of hydrogen-bond acceptors (Lipinski definition) is 5. The molecule has 1 saturated heterocycles. The normalized spacial score (nSPS) is 24.5. The Morgan fingerprint density at radius 1 is 0.973 bits per heavy atom. The second-order valence-corrected chi connectivity index (χ2v) is 10.6. The summed E-state index contributed by atoms with van der Waals surface area (Å²) in [5, 5.41) is 11.1. The van der Waals surface area contributed by atoms with E-state index in [1.807, 2.05) is 6.07 Å². The topological polar surface area (TPSA) is 59.0 Å². The summed E-state index contributed by atoms with van der Waals surface area (Å²) in [6, 6.07) is 19.4. The molecule has 1 N–H and O–H groups in total. The highest BCUT2D eigenvalue weighted by Gasteiger charge is 2.45. The minimum atomic E-state index is -0.353. The number of carbonyl (C=O) groups excluding carboxylic acids is 1. The molecule has 4 atom stereocenters. The van der Waals surface area contributed by atoms with Crippen molar-refractivity contribution in [3.8, 4) is 0 Å². The molecule has 1 saturated carbocycles. The van der Waals surface area contributed by atoms with Gasteiger partial charge in [-0.3, -0.25) is 9.69 Å². The molecule has 2 aromatic carbocycles. The molecular formula is C32H43NO4. The minimum Gasteiger partial charge on any atom is -0.469 e. The number of piperidine rings is 1. The van der Waals surface area contributed by atoms with Crippen molar-refractivity contribution in [1.82, 2.24) is 4.90 Å². The summed E-state index contributed by atoms with van der Waals surface area (Å²) in [4.78, 5) is 13.8. The Morgan fingerprint density at radius 2 is 1.68 bits per heavy atom. The molecule has 5 heteroatoms. The average molecular weight is 506 g/mol. The van der Waals surface area contributed by atoms with E-state index >= 15 is 0 Å². The fourth-order valence-electron chi connectivity index (χ4n) is 5.90. The molecule has 0 radical (unpaired) electrons. The number of aliphatic hydroxyl groups excluding tert-OH is 1. The van der Waals surface area contributed by atoms with Crippen LogP contribution in [0.1, 0.15) is 68.1 Å². The maximum Gasteiger partial charge on any atom is 0.305 e. The zero-order chi connectivity index (χ0) is 25.9. The molecule has 2 aliphatic rings. The highest BCUT2D eigenvalue weighted by atomic mass is 16.5. The van der Waals surface area contributed by atoms with Crippen molar-refractivity contribution in [3.05, 3.63) is 83.4 Å². The van der Waals surface area contributed by atoms with E-state index in [0.717, 1.165) is 38.8 Å². The number of ether oxygens (including phenoxy) is 2. The Kier molecular flexibility index (Phi) is 10.8. The van der Waals surface area contributed by atoms with E-state index in [0.29, 0.717) is 19.4 Å². The largest absolute Gasteiger partial charge is 0.469 e. The van der Waals surface area contributed by atoms with Gasteiger partial charge in [-0.2, -0.15) is 0 Å². The molecule has 4 rings (SSSR count). The Labute approximate surface area is 222 Å². The number of rotatable bonds is 12. The van der Waals surface area contributed by atoms with Crippen LogP contribution in [0.3, 0.4) is 0 Å². The molecular weight excluding hydrogens is 462 g/mol. The predicted molar refractivity (Wildman–Crippen MR) is 147 cm³/mol. The van der Waals surface area contributed by atoms with E-state index in [1.165, 1.54) is 43.1 Å². The minimum absolute atomic E-state index is 0.0330. The van der Waals surface area contributed by atoms with Gasteiger partial charge in [0, 0.05) is 24.8 Å². The van der Waals surface area contributed by atoms with Crippen LogP contribution in [0.2, 0.25) is 0 Å². The van der Waals surface area contributed by atoms with Crippen LogP contribution in [0.15, 0.2) is 66.7 Å². The Bertz CT molecular complexity index is 968. The van der Waals surface area contributed by atoms with Crippen LogP contribution in [0, 0.1) is 5.92 Å². The van der Waals surface area contributed by atoms with Crippen LogP contribution in [-0.2, 0) is 27.3 Å². The molecule has 0 aromatic heterocycles. The van der Waals surface area contributed by atoms with Crippen LogP contribution in [-0.4, -0.2) is 54.4 Å². The van der Waals surface area contributed by atoms with Gasteiger partial charge in [0.2, 0.25) is 0 Å². The molecule has 1 heterocycles. The maximum atomic E-state index is 11.3. The monoisotopic (exact) mass is 505 g/mol. The summed E-state index contributed by atoms with van der Waals surface area (Å²) in [6.07, 6.45) is 12.4. The van der Waals surface area contributed by atoms with Gasteiger partial charge in [0.05, 0.1) is 25.9 Å². The van der Waals surface area contributed by atoms with Gasteiger partial charge in [-0.05, 0) is 68.3 Å². The second-order valence-electron chi connectivity index (χ2n) is 10.6. The number of carbonyl (C=O) groups is 1. The fraction of sp³-hybridized carbons (Fsp3) is 0.531. The zero-order valence-electron chi connectivity index (χ0n) is 22.3. The molecule has 5 nitrogen and oxygen atoms in total. The summed E-state index contributed by atoms with van der Waals surface area (Å²) in [7, 11) is 1.43. The molecule has 2 aromatic rings. The van der Waals surface area contributed by atoms with E-state index < -0.39 is 0 Å². The predicted octanol–water partition coefficient (Wildman–Crippen LogP) is 5.69. The first-order valence-corrected chi connectivity index (χ1v) is 14.0. The number of methoxy groups -OCH3 is 1. The maximum absolute atomic E-state index is 11.3. The van der Waals surface area contributed by atoms with Crippen LogP contribution in [0.4, 0.5) is 0 Å².